The molecule has 4 unspecified atom stereocenters. The molecule has 6 heteroatoms. The first-order valence-electron chi connectivity index (χ1n) is 7.61. The predicted octanol–water partition coefficient (Wildman–Crippen LogP) is 1.56. The highest BCUT2D eigenvalue weighted by Gasteiger charge is 2.35. The quantitative estimate of drug-likeness (QED) is 0.786. The smallest absolute Gasteiger partial charge is 0.0707 e. The summed E-state index contributed by atoms with van der Waals surface area (Å²) in [6.45, 7) is 7.08. The van der Waals surface area contributed by atoms with Gasteiger partial charge >= 0.3 is 0 Å². The van der Waals surface area contributed by atoms with E-state index in [0.29, 0.717) is 24.4 Å². The van der Waals surface area contributed by atoms with Gasteiger partial charge in [-0.2, -0.15) is 0 Å². The van der Waals surface area contributed by atoms with Crippen LogP contribution < -0.4 is 0 Å². The Morgan fingerprint density at radius 1 is 0.600 bits per heavy atom. The molecule has 4 saturated heterocycles. The van der Waals surface area contributed by atoms with E-state index in [9.17, 15) is 0 Å². The molecule has 0 aliphatic carbocycles. The van der Waals surface area contributed by atoms with E-state index in [1.165, 1.54) is 38.8 Å². The molecular weight excluding hydrogens is 299 g/mol. The van der Waals surface area contributed by atoms with Crippen LogP contribution in [0.2, 0.25) is 0 Å². The van der Waals surface area contributed by atoms with E-state index in [0.717, 1.165) is 26.2 Å². The second kappa shape index (κ2) is 7.12. The maximum absolute atomic E-state index is 5.89. The van der Waals surface area contributed by atoms with Crippen molar-refractivity contribution in [1.29, 1.82) is 0 Å². The molecule has 0 aromatic rings. The van der Waals surface area contributed by atoms with Gasteiger partial charge in [0, 0.05) is 39.3 Å². The van der Waals surface area contributed by atoms with Crippen molar-refractivity contribution in [2.75, 3.05) is 39.3 Å². The average molecular weight is 325 g/mol. The van der Waals surface area contributed by atoms with Crippen LogP contribution in [0.4, 0.5) is 0 Å². The predicted molar refractivity (Wildman–Crippen MR) is 83.2 cm³/mol. The van der Waals surface area contributed by atoms with Crippen LogP contribution in [0.25, 0.3) is 0 Å². The highest BCUT2D eigenvalue weighted by atomic mass is 35.5. The summed E-state index contributed by atoms with van der Waals surface area (Å²) in [7, 11) is 0. The normalized spacial score (nSPS) is 40.2. The summed E-state index contributed by atoms with van der Waals surface area (Å²) >= 11 is 0. The average Bonchev–Trinajstić information content (AvgIpc) is 2.89. The van der Waals surface area contributed by atoms with Crippen molar-refractivity contribution in [2.45, 2.75) is 50.1 Å². The second-order valence-corrected chi connectivity index (χ2v) is 6.43. The first-order chi connectivity index (χ1) is 8.85. The summed E-state index contributed by atoms with van der Waals surface area (Å²) in [5.74, 6) is 0. The van der Waals surface area contributed by atoms with Crippen molar-refractivity contribution in [3.8, 4) is 0 Å². The molecule has 4 aliphatic rings. The van der Waals surface area contributed by atoms with Gasteiger partial charge in [0.15, 0.2) is 0 Å². The minimum atomic E-state index is 0. The van der Waals surface area contributed by atoms with E-state index in [1.807, 2.05) is 0 Å². The lowest BCUT2D eigenvalue weighted by Crippen LogP contribution is -2.49. The zero-order valence-corrected chi connectivity index (χ0v) is 13.5. The Labute approximate surface area is 134 Å². The standard InChI is InChI=1S/C14H24N2O2.2ClH/c1-2-12-8-15(7-11(1)17-12)5-6-16-9-13-3-4-14(10-16)18-13;;/h11-14H,1-10H2;2*1H. The van der Waals surface area contributed by atoms with Crippen molar-refractivity contribution in [2.24, 2.45) is 0 Å². The summed E-state index contributed by atoms with van der Waals surface area (Å²) in [5, 5.41) is 0. The van der Waals surface area contributed by atoms with Crippen molar-refractivity contribution < 1.29 is 9.47 Å². The minimum Gasteiger partial charge on any atom is -0.372 e. The molecule has 0 spiro atoms. The Morgan fingerprint density at radius 2 is 0.900 bits per heavy atom. The fourth-order valence-corrected chi connectivity index (χ4v) is 4.05. The van der Waals surface area contributed by atoms with Gasteiger partial charge < -0.3 is 9.47 Å². The number of morpholine rings is 2. The Balaban J connectivity index is 0.000000735. The third-order valence-electron chi connectivity index (χ3n) is 4.97. The summed E-state index contributed by atoms with van der Waals surface area (Å²) in [6, 6.07) is 0. The van der Waals surface area contributed by atoms with Crippen LogP contribution in [0.1, 0.15) is 25.7 Å². The first-order valence-corrected chi connectivity index (χ1v) is 7.61. The molecule has 118 valence electrons. The molecule has 0 amide bonds. The molecule has 4 bridgehead atoms. The Morgan fingerprint density at radius 3 is 1.20 bits per heavy atom. The first kappa shape index (κ1) is 16.8. The van der Waals surface area contributed by atoms with E-state index in [4.69, 9.17) is 9.47 Å². The molecular formula is C14H26Cl2N2O2. The summed E-state index contributed by atoms with van der Waals surface area (Å²) in [5.41, 5.74) is 0. The number of hydrogen-bond acceptors (Lipinski definition) is 4. The molecule has 4 nitrogen and oxygen atoms in total. The monoisotopic (exact) mass is 324 g/mol. The van der Waals surface area contributed by atoms with E-state index in [2.05, 4.69) is 9.80 Å². The van der Waals surface area contributed by atoms with Gasteiger partial charge in [-0.25, -0.2) is 0 Å². The van der Waals surface area contributed by atoms with Crippen molar-refractivity contribution in [1.82, 2.24) is 9.80 Å². The van der Waals surface area contributed by atoms with Gasteiger partial charge in [-0.1, -0.05) is 0 Å². The highest BCUT2D eigenvalue weighted by Crippen LogP contribution is 2.27. The Kier molecular flexibility index (Phi) is 5.98. The maximum Gasteiger partial charge on any atom is 0.0707 e. The van der Waals surface area contributed by atoms with Crippen molar-refractivity contribution in [3.63, 3.8) is 0 Å². The van der Waals surface area contributed by atoms with Gasteiger partial charge in [-0.3, -0.25) is 9.80 Å². The number of ether oxygens (including phenoxy) is 2. The summed E-state index contributed by atoms with van der Waals surface area (Å²) in [6.07, 6.45) is 7.25. The van der Waals surface area contributed by atoms with Gasteiger partial charge in [0.25, 0.3) is 0 Å². The van der Waals surface area contributed by atoms with E-state index in [-0.39, 0.29) is 24.8 Å². The van der Waals surface area contributed by atoms with Gasteiger partial charge in [0.05, 0.1) is 24.4 Å². The number of fused-ring (bicyclic) bond motifs is 4. The number of rotatable bonds is 3. The summed E-state index contributed by atoms with van der Waals surface area (Å²) in [4.78, 5) is 5.23. The second-order valence-electron chi connectivity index (χ2n) is 6.43. The SMILES string of the molecule is C1CC2CN(CCN3CC4CCC(C3)O4)CC1O2.Cl.Cl. The van der Waals surface area contributed by atoms with Crippen molar-refractivity contribution in [3.05, 3.63) is 0 Å². The third kappa shape index (κ3) is 3.60. The highest BCUT2D eigenvalue weighted by molar-refractivity contribution is 5.85. The molecule has 20 heavy (non-hydrogen) atoms. The topological polar surface area (TPSA) is 24.9 Å². The zero-order chi connectivity index (χ0) is 11.9. The fraction of sp³-hybridized carbons (Fsp3) is 1.00. The van der Waals surface area contributed by atoms with E-state index >= 15 is 0 Å². The molecule has 4 atom stereocenters. The third-order valence-corrected chi connectivity index (χ3v) is 4.97. The van der Waals surface area contributed by atoms with Crippen LogP contribution in [0, 0.1) is 0 Å². The van der Waals surface area contributed by atoms with E-state index in [1.54, 1.807) is 0 Å². The van der Waals surface area contributed by atoms with Crippen LogP contribution >= 0.6 is 24.8 Å². The van der Waals surface area contributed by atoms with Gasteiger partial charge in [-0.05, 0) is 25.7 Å². The summed E-state index contributed by atoms with van der Waals surface area (Å²) < 4.78 is 11.8. The van der Waals surface area contributed by atoms with Crippen LogP contribution in [0.3, 0.4) is 0 Å². The van der Waals surface area contributed by atoms with Gasteiger partial charge in [-0.15, -0.1) is 24.8 Å². The molecule has 4 fully saturated rings. The zero-order valence-electron chi connectivity index (χ0n) is 11.9. The number of likely N-dealkylation sites (tertiary alicyclic amines) is 2. The lowest BCUT2D eigenvalue weighted by Gasteiger charge is -2.36. The van der Waals surface area contributed by atoms with Crippen LogP contribution in [0.15, 0.2) is 0 Å². The van der Waals surface area contributed by atoms with Crippen LogP contribution in [-0.2, 0) is 9.47 Å². The fourth-order valence-electron chi connectivity index (χ4n) is 4.05. The lowest BCUT2D eigenvalue weighted by molar-refractivity contribution is -0.0562. The largest absolute Gasteiger partial charge is 0.372 e. The molecule has 0 N–H and O–H groups in total. The molecule has 4 aliphatic heterocycles. The number of hydrogen-bond donors (Lipinski definition) is 0. The van der Waals surface area contributed by atoms with Crippen molar-refractivity contribution >= 4 is 24.8 Å². The number of halogens is 2. The molecule has 0 radical (unpaired) electrons. The van der Waals surface area contributed by atoms with E-state index < -0.39 is 0 Å². The molecule has 0 aromatic carbocycles. The molecule has 4 heterocycles. The van der Waals surface area contributed by atoms with Crippen LogP contribution in [-0.4, -0.2) is 73.5 Å². The molecule has 0 aromatic heterocycles. The lowest BCUT2D eigenvalue weighted by atomic mass is 10.2. The maximum atomic E-state index is 5.89. The van der Waals surface area contributed by atoms with Gasteiger partial charge in [0.2, 0.25) is 0 Å². The molecule has 4 rings (SSSR count). The number of nitrogens with zero attached hydrogens (tertiary/aromatic N) is 2. The Bertz CT molecular complexity index is 268. The Hall–Kier alpha value is 0.420. The van der Waals surface area contributed by atoms with Crippen LogP contribution in [0.5, 0.6) is 0 Å². The molecule has 0 saturated carbocycles. The minimum absolute atomic E-state index is 0. The van der Waals surface area contributed by atoms with Gasteiger partial charge in [0.1, 0.15) is 0 Å².